The van der Waals surface area contributed by atoms with Crippen LogP contribution in [0.4, 0.5) is 0 Å². The zero-order chi connectivity index (χ0) is 17.4. The van der Waals surface area contributed by atoms with E-state index in [1.165, 1.54) is 24.8 Å². The molecule has 4 heteroatoms. The number of likely N-dealkylation sites (tertiary alicyclic amines) is 1. The third-order valence-corrected chi connectivity index (χ3v) is 6.89. The molecule has 0 aromatic heterocycles. The van der Waals surface area contributed by atoms with Gasteiger partial charge in [-0.3, -0.25) is 4.79 Å². The predicted octanol–water partition coefficient (Wildman–Crippen LogP) is 2.85. The number of carbonyl (C=O) groups is 1. The van der Waals surface area contributed by atoms with Crippen molar-refractivity contribution in [1.29, 1.82) is 0 Å². The number of hydrogen-bond donors (Lipinski definition) is 1. The largest absolute Gasteiger partial charge is 0.496 e. The molecule has 4 unspecified atom stereocenters. The van der Waals surface area contributed by atoms with E-state index in [1.807, 2.05) is 12.1 Å². The molecule has 4 atom stereocenters. The minimum absolute atomic E-state index is 0.101. The van der Waals surface area contributed by atoms with Crippen LogP contribution < -0.4 is 10.5 Å². The van der Waals surface area contributed by atoms with Crippen molar-refractivity contribution in [3.8, 4) is 5.75 Å². The van der Waals surface area contributed by atoms with Crippen LogP contribution in [0.3, 0.4) is 0 Å². The summed E-state index contributed by atoms with van der Waals surface area (Å²) < 4.78 is 5.48. The second kappa shape index (κ2) is 6.99. The van der Waals surface area contributed by atoms with Crippen LogP contribution in [0.25, 0.3) is 0 Å². The van der Waals surface area contributed by atoms with Crippen LogP contribution in [-0.2, 0) is 11.2 Å². The van der Waals surface area contributed by atoms with Crippen molar-refractivity contribution in [2.45, 2.75) is 44.6 Å². The predicted molar refractivity (Wildman–Crippen MR) is 98.3 cm³/mol. The molecule has 1 amide bonds. The molecule has 1 saturated heterocycles. The number of rotatable bonds is 4. The first kappa shape index (κ1) is 16.9. The number of ether oxygens (including phenoxy) is 1. The van der Waals surface area contributed by atoms with E-state index in [9.17, 15) is 4.79 Å². The highest BCUT2D eigenvalue weighted by Crippen LogP contribution is 2.48. The Morgan fingerprint density at radius 1 is 1.16 bits per heavy atom. The molecule has 2 aliphatic carbocycles. The summed E-state index contributed by atoms with van der Waals surface area (Å²) >= 11 is 0. The normalized spacial score (nSPS) is 32.2. The van der Waals surface area contributed by atoms with Gasteiger partial charge in [0.2, 0.25) is 5.91 Å². The summed E-state index contributed by atoms with van der Waals surface area (Å²) in [5, 5.41) is 0. The number of amides is 1. The van der Waals surface area contributed by atoms with Crippen molar-refractivity contribution in [3.63, 3.8) is 0 Å². The maximum atomic E-state index is 13.0. The minimum Gasteiger partial charge on any atom is -0.496 e. The molecule has 1 aliphatic heterocycles. The molecular weight excluding hydrogens is 312 g/mol. The average molecular weight is 342 g/mol. The van der Waals surface area contributed by atoms with Gasteiger partial charge in [-0.15, -0.1) is 0 Å². The highest BCUT2D eigenvalue weighted by atomic mass is 16.5. The van der Waals surface area contributed by atoms with Gasteiger partial charge >= 0.3 is 0 Å². The van der Waals surface area contributed by atoms with Crippen LogP contribution in [0.15, 0.2) is 24.3 Å². The molecule has 4 rings (SSSR count). The summed E-state index contributed by atoms with van der Waals surface area (Å²) in [6.45, 7) is 1.78. The quantitative estimate of drug-likeness (QED) is 0.915. The van der Waals surface area contributed by atoms with Gasteiger partial charge < -0.3 is 15.4 Å². The van der Waals surface area contributed by atoms with Gasteiger partial charge in [0, 0.05) is 19.1 Å². The Morgan fingerprint density at radius 2 is 1.88 bits per heavy atom. The van der Waals surface area contributed by atoms with Crippen molar-refractivity contribution in [2.24, 2.45) is 29.4 Å². The molecule has 0 spiro atoms. The first-order chi connectivity index (χ1) is 12.2. The number of benzene rings is 1. The Bertz CT molecular complexity index is 622. The summed E-state index contributed by atoms with van der Waals surface area (Å²) in [6.07, 6.45) is 6.83. The molecular formula is C21H30N2O2. The van der Waals surface area contributed by atoms with Gasteiger partial charge in [0.05, 0.1) is 13.0 Å². The lowest BCUT2D eigenvalue weighted by molar-refractivity contribution is -0.139. The van der Waals surface area contributed by atoms with E-state index >= 15 is 0 Å². The standard InChI is InChI=1S/C21H30N2O2/c1-25-18-5-3-2-4-15(18)12-14-8-10-23(11-9-14)21(24)19-16-6-7-17(13-16)20(19)22/h2-5,14,16-17,19-20H,6-13,22H2,1H3. The zero-order valence-electron chi connectivity index (χ0n) is 15.2. The van der Waals surface area contributed by atoms with E-state index in [0.29, 0.717) is 23.7 Å². The molecule has 0 radical (unpaired) electrons. The second-order valence-electron chi connectivity index (χ2n) is 8.22. The second-order valence-corrected chi connectivity index (χ2v) is 8.22. The average Bonchev–Trinajstić information content (AvgIpc) is 3.23. The van der Waals surface area contributed by atoms with E-state index < -0.39 is 0 Å². The lowest BCUT2D eigenvalue weighted by Gasteiger charge is -2.37. The first-order valence-corrected chi connectivity index (χ1v) is 9.83. The van der Waals surface area contributed by atoms with Gasteiger partial charge in [0.1, 0.15) is 5.75 Å². The number of hydrogen-bond acceptors (Lipinski definition) is 3. The molecule has 2 N–H and O–H groups in total. The van der Waals surface area contributed by atoms with Crippen molar-refractivity contribution in [2.75, 3.05) is 20.2 Å². The zero-order valence-corrected chi connectivity index (χ0v) is 15.2. The van der Waals surface area contributed by atoms with Crippen LogP contribution in [0, 0.1) is 23.7 Å². The van der Waals surface area contributed by atoms with Crippen LogP contribution >= 0.6 is 0 Å². The van der Waals surface area contributed by atoms with Crippen molar-refractivity contribution < 1.29 is 9.53 Å². The molecule has 1 aromatic carbocycles. The minimum atomic E-state index is 0.101. The van der Waals surface area contributed by atoms with E-state index in [2.05, 4.69) is 17.0 Å². The van der Waals surface area contributed by atoms with E-state index in [1.54, 1.807) is 7.11 Å². The smallest absolute Gasteiger partial charge is 0.227 e. The van der Waals surface area contributed by atoms with Gasteiger partial charge in [0.25, 0.3) is 0 Å². The Hall–Kier alpha value is -1.55. The number of para-hydroxylation sites is 1. The van der Waals surface area contributed by atoms with Crippen molar-refractivity contribution in [1.82, 2.24) is 4.90 Å². The molecule has 2 bridgehead atoms. The maximum absolute atomic E-state index is 13.0. The summed E-state index contributed by atoms with van der Waals surface area (Å²) in [7, 11) is 1.73. The highest BCUT2D eigenvalue weighted by molar-refractivity contribution is 5.80. The highest BCUT2D eigenvalue weighted by Gasteiger charge is 2.50. The first-order valence-electron chi connectivity index (χ1n) is 9.83. The third kappa shape index (κ3) is 3.17. The Labute approximate surface area is 150 Å². The number of nitrogens with zero attached hydrogens (tertiary/aromatic N) is 1. The Kier molecular flexibility index (Phi) is 4.72. The molecule has 1 heterocycles. The number of nitrogens with two attached hydrogens (primary N) is 1. The summed E-state index contributed by atoms with van der Waals surface area (Å²) in [6, 6.07) is 8.39. The van der Waals surface area contributed by atoms with E-state index in [-0.39, 0.29) is 12.0 Å². The molecule has 136 valence electrons. The third-order valence-electron chi connectivity index (χ3n) is 6.89. The van der Waals surface area contributed by atoms with Crippen molar-refractivity contribution >= 4 is 5.91 Å². The fourth-order valence-electron chi connectivity index (χ4n) is 5.45. The summed E-state index contributed by atoms with van der Waals surface area (Å²) in [5.41, 5.74) is 7.65. The van der Waals surface area contributed by atoms with Gasteiger partial charge in [-0.05, 0) is 67.9 Å². The van der Waals surface area contributed by atoms with Crippen LogP contribution in [-0.4, -0.2) is 37.0 Å². The SMILES string of the molecule is COc1ccccc1CC1CCN(C(=O)C2C3CCC(C3)C2N)CC1. The van der Waals surface area contributed by atoms with Gasteiger partial charge in [-0.2, -0.15) is 0 Å². The summed E-state index contributed by atoms with van der Waals surface area (Å²) in [4.78, 5) is 15.1. The van der Waals surface area contributed by atoms with E-state index in [0.717, 1.165) is 38.1 Å². The number of fused-ring (bicyclic) bond motifs is 2. The number of methoxy groups -OCH3 is 1. The molecule has 2 saturated carbocycles. The van der Waals surface area contributed by atoms with Gasteiger partial charge in [-0.25, -0.2) is 0 Å². The summed E-state index contributed by atoms with van der Waals surface area (Å²) in [5.74, 6) is 3.21. The monoisotopic (exact) mass is 342 g/mol. The van der Waals surface area contributed by atoms with Crippen molar-refractivity contribution in [3.05, 3.63) is 29.8 Å². The number of piperidine rings is 1. The Morgan fingerprint density at radius 3 is 2.56 bits per heavy atom. The van der Waals surface area contributed by atoms with Gasteiger partial charge in [0.15, 0.2) is 0 Å². The molecule has 3 aliphatic rings. The molecule has 4 nitrogen and oxygen atoms in total. The molecule has 25 heavy (non-hydrogen) atoms. The molecule has 1 aromatic rings. The van der Waals surface area contributed by atoms with E-state index in [4.69, 9.17) is 10.5 Å². The molecule has 3 fully saturated rings. The Balaban J connectivity index is 1.33. The maximum Gasteiger partial charge on any atom is 0.227 e. The lowest BCUT2D eigenvalue weighted by atomic mass is 9.83. The fraction of sp³-hybridized carbons (Fsp3) is 0.667. The fourth-order valence-corrected chi connectivity index (χ4v) is 5.45. The van der Waals surface area contributed by atoms with Crippen LogP contribution in [0.1, 0.15) is 37.7 Å². The van der Waals surface area contributed by atoms with Gasteiger partial charge in [-0.1, -0.05) is 18.2 Å². The topological polar surface area (TPSA) is 55.6 Å². The number of carbonyl (C=O) groups excluding carboxylic acids is 1. The van der Waals surface area contributed by atoms with Crippen LogP contribution in [0.2, 0.25) is 0 Å². The lowest BCUT2D eigenvalue weighted by Crippen LogP contribution is -2.49. The van der Waals surface area contributed by atoms with Crippen LogP contribution in [0.5, 0.6) is 5.75 Å².